The largest absolute Gasteiger partial charge is 0.489 e. The Morgan fingerprint density at radius 2 is 2.06 bits per heavy atom. The van der Waals surface area contributed by atoms with Crippen molar-refractivity contribution in [1.82, 2.24) is 4.90 Å². The number of amides is 1. The predicted molar refractivity (Wildman–Crippen MR) is 62.5 cm³/mol. The van der Waals surface area contributed by atoms with E-state index in [1.807, 2.05) is 29.2 Å². The minimum Gasteiger partial charge on any atom is -0.489 e. The van der Waals surface area contributed by atoms with Gasteiger partial charge in [0.1, 0.15) is 11.9 Å². The molecule has 0 radical (unpaired) electrons. The third-order valence-corrected chi connectivity index (χ3v) is 2.91. The van der Waals surface area contributed by atoms with Crippen LogP contribution in [0.25, 0.3) is 0 Å². The Labute approximate surface area is 96.0 Å². The van der Waals surface area contributed by atoms with Crippen molar-refractivity contribution in [2.24, 2.45) is 0 Å². The maximum atomic E-state index is 11.2. The Morgan fingerprint density at radius 1 is 1.38 bits per heavy atom. The first-order chi connectivity index (χ1) is 7.65. The van der Waals surface area contributed by atoms with Gasteiger partial charge in [-0.3, -0.25) is 4.79 Å². The number of hydrogen-bond acceptors (Lipinski definition) is 2. The van der Waals surface area contributed by atoms with Crippen molar-refractivity contribution in [3.63, 3.8) is 0 Å². The van der Waals surface area contributed by atoms with Gasteiger partial charge in [0.25, 0.3) is 0 Å². The summed E-state index contributed by atoms with van der Waals surface area (Å²) in [6.07, 6.45) is 1.07. The van der Waals surface area contributed by atoms with E-state index in [0.717, 1.165) is 18.7 Å². The number of aryl methyl sites for hydroxylation is 1. The minimum atomic E-state index is 0.134. The Morgan fingerprint density at radius 3 is 2.62 bits per heavy atom. The number of benzene rings is 1. The quantitative estimate of drug-likeness (QED) is 0.761. The summed E-state index contributed by atoms with van der Waals surface area (Å²) in [7, 11) is 0. The molecule has 86 valence electrons. The van der Waals surface area contributed by atoms with Gasteiger partial charge in [0, 0.05) is 19.9 Å². The van der Waals surface area contributed by atoms with Gasteiger partial charge in [-0.15, -0.1) is 0 Å². The Balaban J connectivity index is 1.92. The SMILES string of the molecule is CC(=O)N1CCC(Oc2ccc(C)cc2)C1. The van der Waals surface area contributed by atoms with E-state index < -0.39 is 0 Å². The van der Waals surface area contributed by atoms with Gasteiger partial charge < -0.3 is 9.64 Å². The fourth-order valence-electron chi connectivity index (χ4n) is 1.92. The first kappa shape index (κ1) is 11.0. The third-order valence-electron chi connectivity index (χ3n) is 2.91. The molecule has 0 bridgehead atoms. The smallest absolute Gasteiger partial charge is 0.219 e. The highest BCUT2D eigenvalue weighted by Crippen LogP contribution is 2.18. The molecule has 1 heterocycles. The van der Waals surface area contributed by atoms with Crippen molar-refractivity contribution in [1.29, 1.82) is 0 Å². The molecule has 16 heavy (non-hydrogen) atoms. The van der Waals surface area contributed by atoms with Crippen LogP contribution in [-0.4, -0.2) is 30.0 Å². The number of carbonyl (C=O) groups excluding carboxylic acids is 1. The molecule has 0 spiro atoms. The van der Waals surface area contributed by atoms with E-state index in [1.54, 1.807) is 6.92 Å². The molecule has 1 aromatic rings. The lowest BCUT2D eigenvalue weighted by Crippen LogP contribution is -2.28. The standard InChI is InChI=1S/C13H17NO2/c1-10-3-5-12(6-4-10)16-13-7-8-14(9-13)11(2)15/h3-6,13H,7-9H2,1-2H3. The number of rotatable bonds is 2. The van der Waals surface area contributed by atoms with Crippen molar-refractivity contribution in [3.8, 4) is 5.75 Å². The predicted octanol–water partition coefficient (Wildman–Crippen LogP) is 1.99. The van der Waals surface area contributed by atoms with E-state index >= 15 is 0 Å². The highest BCUT2D eigenvalue weighted by Gasteiger charge is 2.25. The highest BCUT2D eigenvalue weighted by atomic mass is 16.5. The maximum Gasteiger partial charge on any atom is 0.219 e. The summed E-state index contributed by atoms with van der Waals surface area (Å²) in [5.74, 6) is 1.02. The van der Waals surface area contributed by atoms with Crippen LogP contribution in [0.5, 0.6) is 5.75 Å². The fourth-order valence-corrected chi connectivity index (χ4v) is 1.92. The van der Waals surface area contributed by atoms with Gasteiger partial charge in [-0.1, -0.05) is 17.7 Å². The summed E-state index contributed by atoms with van der Waals surface area (Å²) in [6.45, 7) is 5.18. The average molecular weight is 219 g/mol. The number of carbonyl (C=O) groups is 1. The zero-order valence-corrected chi connectivity index (χ0v) is 9.77. The zero-order valence-electron chi connectivity index (χ0n) is 9.77. The molecule has 1 fully saturated rings. The lowest BCUT2D eigenvalue weighted by molar-refractivity contribution is -0.128. The molecule has 1 aliphatic rings. The third kappa shape index (κ3) is 2.54. The van der Waals surface area contributed by atoms with Crippen LogP contribution >= 0.6 is 0 Å². The van der Waals surface area contributed by atoms with Gasteiger partial charge >= 0.3 is 0 Å². The van der Waals surface area contributed by atoms with Gasteiger partial charge in [-0.25, -0.2) is 0 Å². The molecule has 2 rings (SSSR count). The van der Waals surface area contributed by atoms with Crippen molar-refractivity contribution in [2.75, 3.05) is 13.1 Å². The number of hydrogen-bond donors (Lipinski definition) is 0. The molecule has 1 saturated heterocycles. The number of likely N-dealkylation sites (tertiary alicyclic amines) is 1. The van der Waals surface area contributed by atoms with E-state index in [-0.39, 0.29) is 12.0 Å². The van der Waals surface area contributed by atoms with Crippen LogP contribution in [0.15, 0.2) is 24.3 Å². The molecule has 0 aromatic heterocycles. The second-order valence-corrected chi connectivity index (χ2v) is 4.31. The van der Waals surface area contributed by atoms with Crippen LogP contribution in [0.3, 0.4) is 0 Å². The molecule has 3 nitrogen and oxygen atoms in total. The second kappa shape index (κ2) is 4.56. The molecular formula is C13H17NO2. The fraction of sp³-hybridized carbons (Fsp3) is 0.462. The van der Waals surface area contributed by atoms with Gasteiger partial charge in [-0.05, 0) is 19.1 Å². The Hall–Kier alpha value is -1.51. The van der Waals surface area contributed by atoms with Crippen LogP contribution < -0.4 is 4.74 Å². The molecule has 1 aliphatic heterocycles. The first-order valence-electron chi connectivity index (χ1n) is 5.64. The van der Waals surface area contributed by atoms with E-state index in [0.29, 0.717) is 6.54 Å². The van der Waals surface area contributed by atoms with E-state index in [1.165, 1.54) is 5.56 Å². The molecule has 0 aliphatic carbocycles. The van der Waals surface area contributed by atoms with Gasteiger partial charge in [0.2, 0.25) is 5.91 Å². The molecule has 1 atom stereocenters. The van der Waals surface area contributed by atoms with Crippen LogP contribution in [0.4, 0.5) is 0 Å². The van der Waals surface area contributed by atoms with Gasteiger partial charge in [0.05, 0.1) is 6.54 Å². The molecule has 1 aromatic carbocycles. The Kier molecular flexibility index (Phi) is 3.13. The molecule has 0 saturated carbocycles. The molecule has 3 heteroatoms. The number of nitrogens with zero attached hydrogens (tertiary/aromatic N) is 1. The van der Waals surface area contributed by atoms with Crippen molar-refractivity contribution in [3.05, 3.63) is 29.8 Å². The summed E-state index contributed by atoms with van der Waals surface area (Å²) in [4.78, 5) is 13.0. The zero-order chi connectivity index (χ0) is 11.5. The van der Waals surface area contributed by atoms with Crippen LogP contribution in [0.2, 0.25) is 0 Å². The lowest BCUT2D eigenvalue weighted by atomic mass is 10.2. The van der Waals surface area contributed by atoms with E-state index in [4.69, 9.17) is 4.74 Å². The minimum absolute atomic E-state index is 0.134. The van der Waals surface area contributed by atoms with Gasteiger partial charge in [-0.2, -0.15) is 0 Å². The van der Waals surface area contributed by atoms with Crippen molar-refractivity contribution >= 4 is 5.91 Å². The highest BCUT2D eigenvalue weighted by molar-refractivity contribution is 5.73. The molecular weight excluding hydrogens is 202 g/mol. The van der Waals surface area contributed by atoms with Crippen LogP contribution in [0.1, 0.15) is 18.9 Å². The molecule has 1 amide bonds. The van der Waals surface area contributed by atoms with Crippen LogP contribution in [-0.2, 0) is 4.79 Å². The van der Waals surface area contributed by atoms with E-state index in [9.17, 15) is 4.79 Å². The summed E-state index contributed by atoms with van der Waals surface area (Å²) in [5, 5.41) is 0. The van der Waals surface area contributed by atoms with Gasteiger partial charge in [0.15, 0.2) is 0 Å². The van der Waals surface area contributed by atoms with Crippen molar-refractivity contribution < 1.29 is 9.53 Å². The van der Waals surface area contributed by atoms with Crippen molar-refractivity contribution in [2.45, 2.75) is 26.4 Å². The summed E-state index contributed by atoms with van der Waals surface area (Å²) >= 11 is 0. The summed E-state index contributed by atoms with van der Waals surface area (Å²) in [6, 6.07) is 8.03. The monoisotopic (exact) mass is 219 g/mol. The summed E-state index contributed by atoms with van der Waals surface area (Å²) in [5.41, 5.74) is 1.23. The molecule has 0 N–H and O–H groups in total. The normalized spacial score (nSPS) is 19.9. The second-order valence-electron chi connectivity index (χ2n) is 4.31. The number of ether oxygens (including phenoxy) is 1. The van der Waals surface area contributed by atoms with Crippen LogP contribution in [0, 0.1) is 6.92 Å². The van der Waals surface area contributed by atoms with E-state index in [2.05, 4.69) is 6.92 Å². The maximum absolute atomic E-state index is 11.2. The summed E-state index contributed by atoms with van der Waals surface area (Å²) < 4.78 is 5.82. The molecule has 1 unspecified atom stereocenters. The average Bonchev–Trinajstić information content (AvgIpc) is 2.70. The first-order valence-corrected chi connectivity index (χ1v) is 5.64. The topological polar surface area (TPSA) is 29.5 Å². The Bertz CT molecular complexity index is 372. The lowest BCUT2D eigenvalue weighted by Gasteiger charge is -2.15.